The van der Waals surface area contributed by atoms with Gasteiger partial charge in [0, 0.05) is 17.8 Å². The standard InChI is InChI=1S/C21H16N3.C11H8N.Pt/c1-21(2)15-8-4-3-7-13(15)14-11-18-19(12-16(14)21)24-20(23-18)17-9-5-6-10-22-17;1-2-6-10(7-3-1)11-8-4-5-9-12-11;/h3-12H,1-2H3;1-6,8-9H;/q2*-1;+2. The van der Waals surface area contributed by atoms with E-state index in [4.69, 9.17) is 9.97 Å². The van der Waals surface area contributed by atoms with E-state index in [1.54, 1.807) is 12.4 Å². The van der Waals surface area contributed by atoms with Crippen molar-refractivity contribution in [2.75, 3.05) is 0 Å². The summed E-state index contributed by atoms with van der Waals surface area (Å²) in [5.74, 6) is 0.695. The number of rotatable bonds is 2. The van der Waals surface area contributed by atoms with E-state index in [1.807, 2.05) is 60.7 Å². The molecule has 1 aliphatic carbocycles. The number of hydrogen-bond donors (Lipinski definition) is 0. The van der Waals surface area contributed by atoms with Crippen LogP contribution in [0.4, 0.5) is 0 Å². The van der Waals surface area contributed by atoms with E-state index in [0.29, 0.717) is 5.82 Å². The fraction of sp³-hybridized carbons (Fsp3) is 0.0938. The van der Waals surface area contributed by atoms with Crippen LogP contribution in [0.15, 0.2) is 109 Å². The van der Waals surface area contributed by atoms with E-state index in [2.05, 4.69) is 66.3 Å². The minimum Gasteiger partial charge on any atom is -0.434 e. The molecule has 0 saturated carbocycles. The molecule has 37 heavy (non-hydrogen) atoms. The summed E-state index contributed by atoms with van der Waals surface area (Å²) in [5.41, 5.74) is 9.96. The van der Waals surface area contributed by atoms with Crippen molar-refractivity contribution in [1.82, 2.24) is 19.9 Å². The molecule has 182 valence electrons. The van der Waals surface area contributed by atoms with Crippen molar-refractivity contribution < 1.29 is 21.1 Å². The Hall–Kier alpha value is -3.88. The first-order valence-corrected chi connectivity index (χ1v) is 12.0. The molecule has 7 rings (SSSR count). The number of nitrogens with zero attached hydrogens (tertiary/aromatic N) is 4. The normalized spacial score (nSPS) is 12.6. The first-order valence-electron chi connectivity index (χ1n) is 12.0. The zero-order chi connectivity index (χ0) is 24.5. The predicted molar refractivity (Wildman–Crippen MR) is 144 cm³/mol. The zero-order valence-corrected chi connectivity index (χ0v) is 22.8. The molecule has 0 amide bonds. The fourth-order valence-corrected chi connectivity index (χ4v) is 4.84. The zero-order valence-electron chi connectivity index (χ0n) is 20.5. The van der Waals surface area contributed by atoms with E-state index in [0.717, 1.165) is 28.0 Å². The van der Waals surface area contributed by atoms with Gasteiger partial charge >= 0.3 is 21.1 Å². The minimum absolute atomic E-state index is 0. The van der Waals surface area contributed by atoms with Crippen molar-refractivity contribution in [1.29, 1.82) is 0 Å². The van der Waals surface area contributed by atoms with Crippen molar-refractivity contribution in [3.8, 4) is 33.9 Å². The molecule has 0 bridgehead atoms. The SMILES string of the molecule is CC1(C)c2ccccc2-c2cc3nc(-c4ccccn4)[n-]c3cc21.[Pt+2].[c-]1ccccc1-c1ccccn1. The first-order chi connectivity index (χ1) is 17.6. The summed E-state index contributed by atoms with van der Waals surface area (Å²) in [5, 5.41) is 0. The Morgan fingerprint density at radius 2 is 1.41 bits per heavy atom. The molecule has 1 aliphatic rings. The molecule has 3 aromatic carbocycles. The number of fused-ring (bicyclic) bond motifs is 4. The van der Waals surface area contributed by atoms with Gasteiger partial charge in [-0.1, -0.05) is 68.4 Å². The molecule has 0 N–H and O–H groups in total. The average Bonchev–Trinajstić information content (AvgIpc) is 3.46. The maximum absolute atomic E-state index is 4.72. The predicted octanol–water partition coefficient (Wildman–Crippen LogP) is 7.11. The Bertz CT molecular complexity index is 1610. The van der Waals surface area contributed by atoms with Gasteiger partial charge in [0.25, 0.3) is 0 Å². The van der Waals surface area contributed by atoms with Gasteiger partial charge in [0.2, 0.25) is 0 Å². The van der Waals surface area contributed by atoms with Crippen LogP contribution in [-0.2, 0) is 26.5 Å². The molecule has 0 saturated heterocycles. The molecule has 0 aliphatic heterocycles. The van der Waals surface area contributed by atoms with Crippen LogP contribution < -0.4 is 4.98 Å². The Morgan fingerprint density at radius 1 is 0.703 bits per heavy atom. The third-order valence-electron chi connectivity index (χ3n) is 6.68. The third-order valence-corrected chi connectivity index (χ3v) is 6.68. The Labute approximate surface area is 231 Å². The van der Waals surface area contributed by atoms with Crippen LogP contribution in [0.1, 0.15) is 25.0 Å². The molecule has 0 radical (unpaired) electrons. The Morgan fingerprint density at radius 3 is 2.11 bits per heavy atom. The molecule has 3 aromatic heterocycles. The van der Waals surface area contributed by atoms with E-state index in [-0.39, 0.29) is 26.5 Å². The number of imidazole rings is 1. The summed E-state index contributed by atoms with van der Waals surface area (Å²) in [6.45, 7) is 4.55. The van der Waals surface area contributed by atoms with Crippen LogP contribution in [0.2, 0.25) is 0 Å². The largest absolute Gasteiger partial charge is 2.00 e. The molecule has 3 heterocycles. The van der Waals surface area contributed by atoms with Gasteiger partial charge in [-0.2, -0.15) is 0 Å². The number of aromatic nitrogens is 4. The second-order valence-electron chi connectivity index (χ2n) is 9.31. The van der Waals surface area contributed by atoms with Gasteiger partial charge in [0.1, 0.15) is 0 Å². The summed E-state index contributed by atoms with van der Waals surface area (Å²) < 4.78 is 0. The quantitative estimate of drug-likeness (QED) is 0.186. The molecule has 4 nitrogen and oxygen atoms in total. The summed E-state index contributed by atoms with van der Waals surface area (Å²) >= 11 is 0. The second-order valence-corrected chi connectivity index (χ2v) is 9.31. The minimum atomic E-state index is -0.00970. The van der Waals surface area contributed by atoms with Crippen molar-refractivity contribution >= 4 is 11.0 Å². The molecule has 6 aromatic rings. The van der Waals surface area contributed by atoms with Gasteiger partial charge in [-0.3, -0.25) is 4.98 Å². The number of benzene rings is 3. The second kappa shape index (κ2) is 10.2. The van der Waals surface area contributed by atoms with Crippen molar-refractivity contribution in [2.45, 2.75) is 19.3 Å². The smallest absolute Gasteiger partial charge is 0.434 e. The van der Waals surface area contributed by atoms with Crippen LogP contribution in [0.3, 0.4) is 0 Å². The van der Waals surface area contributed by atoms with Crippen LogP contribution >= 0.6 is 0 Å². The topological polar surface area (TPSA) is 52.8 Å². The van der Waals surface area contributed by atoms with Crippen LogP contribution in [-0.4, -0.2) is 15.0 Å². The van der Waals surface area contributed by atoms with Gasteiger partial charge < -0.3 is 15.0 Å². The van der Waals surface area contributed by atoms with E-state index < -0.39 is 0 Å². The summed E-state index contributed by atoms with van der Waals surface area (Å²) in [6, 6.07) is 35.6. The van der Waals surface area contributed by atoms with Crippen LogP contribution in [0, 0.1) is 6.07 Å². The van der Waals surface area contributed by atoms with Gasteiger partial charge in [-0.25, -0.2) is 0 Å². The van der Waals surface area contributed by atoms with Gasteiger partial charge in [0.15, 0.2) is 0 Å². The van der Waals surface area contributed by atoms with Gasteiger partial charge in [-0.15, -0.1) is 35.9 Å². The van der Waals surface area contributed by atoms with Crippen molar-refractivity contribution in [3.05, 3.63) is 127 Å². The van der Waals surface area contributed by atoms with Gasteiger partial charge in [0.05, 0.1) is 5.69 Å². The third kappa shape index (κ3) is 4.65. The van der Waals surface area contributed by atoms with Gasteiger partial charge in [-0.05, 0) is 63.0 Å². The molecular formula is C32H24N4Pt. The molecule has 0 unspecified atom stereocenters. The molecule has 0 fully saturated rings. The molecule has 0 spiro atoms. The molecule has 0 atom stereocenters. The summed E-state index contributed by atoms with van der Waals surface area (Å²) in [4.78, 5) is 18.0. The number of pyridine rings is 2. The van der Waals surface area contributed by atoms with E-state index >= 15 is 0 Å². The monoisotopic (exact) mass is 659 g/mol. The molecule has 5 heteroatoms. The van der Waals surface area contributed by atoms with Crippen molar-refractivity contribution in [3.63, 3.8) is 0 Å². The molecular weight excluding hydrogens is 635 g/mol. The van der Waals surface area contributed by atoms with Crippen LogP contribution in [0.25, 0.3) is 44.9 Å². The summed E-state index contributed by atoms with van der Waals surface area (Å²) in [7, 11) is 0. The Kier molecular flexibility index (Phi) is 6.86. The van der Waals surface area contributed by atoms with E-state index in [9.17, 15) is 0 Å². The maximum atomic E-state index is 4.72. The fourth-order valence-electron chi connectivity index (χ4n) is 4.84. The van der Waals surface area contributed by atoms with Crippen molar-refractivity contribution in [2.24, 2.45) is 0 Å². The van der Waals surface area contributed by atoms with Crippen LogP contribution in [0.5, 0.6) is 0 Å². The Balaban J connectivity index is 0.000000183. The first kappa shape index (κ1) is 24.8. The summed E-state index contributed by atoms with van der Waals surface area (Å²) in [6.07, 6.45) is 3.56. The maximum Gasteiger partial charge on any atom is 2.00 e. The van der Waals surface area contributed by atoms with E-state index in [1.165, 1.54) is 22.3 Å². The number of hydrogen-bond acceptors (Lipinski definition) is 3. The average molecular weight is 660 g/mol.